The molecule has 2 aliphatic heterocycles. The van der Waals surface area contributed by atoms with Crippen molar-refractivity contribution < 1.29 is 9.59 Å². The molecule has 3 aromatic rings. The zero-order valence-electron chi connectivity index (χ0n) is 17.9. The van der Waals surface area contributed by atoms with E-state index < -0.39 is 11.8 Å². The molecule has 0 aliphatic carbocycles. The molecule has 1 fully saturated rings. The van der Waals surface area contributed by atoms with E-state index in [1.165, 1.54) is 0 Å². The summed E-state index contributed by atoms with van der Waals surface area (Å²) in [6, 6.07) is 13.6. The number of benzene rings is 2. The van der Waals surface area contributed by atoms with Gasteiger partial charge in [-0.1, -0.05) is 36.4 Å². The number of aromatic nitrogens is 2. The van der Waals surface area contributed by atoms with Gasteiger partial charge in [-0.25, -0.2) is 0 Å². The molecular weight excluding hydrogens is 406 g/mol. The van der Waals surface area contributed by atoms with Gasteiger partial charge in [-0.3, -0.25) is 19.4 Å². The number of rotatable bonds is 3. The Balaban J connectivity index is 1.49. The van der Waals surface area contributed by atoms with Crippen LogP contribution >= 0.6 is 0 Å². The lowest BCUT2D eigenvalue weighted by Gasteiger charge is -2.34. The summed E-state index contributed by atoms with van der Waals surface area (Å²) in [6.07, 6.45) is 3.07. The number of H-pyrrole nitrogens is 1. The SMILES string of the molecule is C[C@@H]1CCCCN1c1nc2c(c(=O)[nH]1)[C@H](C(=O)Nc1cccc3ccccc13)CC(=O)N2. The second-order valence-corrected chi connectivity index (χ2v) is 8.51. The highest BCUT2D eigenvalue weighted by Gasteiger charge is 2.35. The summed E-state index contributed by atoms with van der Waals surface area (Å²) in [5.41, 5.74) is 0.459. The van der Waals surface area contributed by atoms with Gasteiger partial charge in [0.2, 0.25) is 17.8 Å². The van der Waals surface area contributed by atoms with Crippen LogP contribution < -0.4 is 21.1 Å². The first-order valence-corrected chi connectivity index (χ1v) is 11.0. The standard InChI is InChI=1S/C24H25N5O3/c1-14-7-4-5-12-29(14)24-27-21-20(23(32)28-24)17(13-19(30)26-21)22(31)25-18-11-6-9-15-8-2-3-10-16(15)18/h2-3,6,8-11,14,17H,4-5,7,12-13H2,1H3,(H,25,31)(H2,26,27,28,30,32)/t14-,17-/m1/s1. The van der Waals surface area contributed by atoms with Crippen LogP contribution in [0.4, 0.5) is 17.5 Å². The Morgan fingerprint density at radius 2 is 1.94 bits per heavy atom. The van der Waals surface area contributed by atoms with Gasteiger partial charge in [0.25, 0.3) is 5.56 Å². The van der Waals surface area contributed by atoms with E-state index in [0.29, 0.717) is 11.6 Å². The minimum absolute atomic E-state index is 0.103. The summed E-state index contributed by atoms with van der Waals surface area (Å²) in [7, 11) is 0. The molecule has 3 N–H and O–H groups in total. The third-order valence-electron chi connectivity index (χ3n) is 6.38. The second kappa shape index (κ2) is 8.11. The third-order valence-corrected chi connectivity index (χ3v) is 6.38. The summed E-state index contributed by atoms with van der Waals surface area (Å²) in [5.74, 6) is -1.02. The van der Waals surface area contributed by atoms with Crippen LogP contribution in [0.15, 0.2) is 47.3 Å². The molecule has 5 rings (SSSR count). The topological polar surface area (TPSA) is 107 Å². The normalized spacial score (nSPS) is 20.5. The maximum absolute atomic E-state index is 13.2. The van der Waals surface area contributed by atoms with Crippen molar-refractivity contribution in [3.63, 3.8) is 0 Å². The lowest BCUT2D eigenvalue weighted by atomic mass is 9.92. The minimum atomic E-state index is -0.915. The number of nitrogens with one attached hydrogen (secondary N) is 3. The van der Waals surface area contributed by atoms with Gasteiger partial charge in [-0.15, -0.1) is 0 Å². The average molecular weight is 431 g/mol. The van der Waals surface area contributed by atoms with Crippen molar-refractivity contribution in [2.45, 2.75) is 44.6 Å². The highest BCUT2D eigenvalue weighted by Crippen LogP contribution is 2.32. The van der Waals surface area contributed by atoms with Gasteiger partial charge in [0, 0.05) is 30.1 Å². The van der Waals surface area contributed by atoms with Crippen LogP contribution in [0.3, 0.4) is 0 Å². The summed E-state index contributed by atoms with van der Waals surface area (Å²) in [6.45, 7) is 2.89. The fourth-order valence-electron chi connectivity index (χ4n) is 4.69. The van der Waals surface area contributed by atoms with Crippen LogP contribution in [0, 0.1) is 0 Å². The van der Waals surface area contributed by atoms with Crippen molar-refractivity contribution in [2.24, 2.45) is 0 Å². The highest BCUT2D eigenvalue weighted by atomic mass is 16.2. The van der Waals surface area contributed by atoms with Gasteiger partial charge in [0.1, 0.15) is 5.82 Å². The maximum Gasteiger partial charge on any atom is 0.258 e. The number of amides is 2. The molecule has 1 saturated heterocycles. The zero-order valence-corrected chi connectivity index (χ0v) is 17.9. The van der Waals surface area contributed by atoms with Gasteiger partial charge < -0.3 is 15.5 Å². The van der Waals surface area contributed by atoms with E-state index in [0.717, 1.165) is 36.6 Å². The van der Waals surface area contributed by atoms with Crippen molar-refractivity contribution in [1.29, 1.82) is 0 Å². The van der Waals surface area contributed by atoms with Crippen LogP contribution in [0.5, 0.6) is 0 Å². The number of carbonyl (C=O) groups excluding carboxylic acids is 2. The zero-order chi connectivity index (χ0) is 22.2. The molecule has 3 heterocycles. The van der Waals surface area contributed by atoms with E-state index in [1.54, 1.807) is 0 Å². The maximum atomic E-state index is 13.2. The molecule has 2 aromatic carbocycles. The number of anilines is 3. The predicted octanol–water partition coefficient (Wildman–Crippen LogP) is 3.37. The summed E-state index contributed by atoms with van der Waals surface area (Å²) < 4.78 is 0. The number of fused-ring (bicyclic) bond motifs is 2. The fourth-order valence-corrected chi connectivity index (χ4v) is 4.69. The summed E-state index contributed by atoms with van der Waals surface area (Å²) >= 11 is 0. The Kier molecular flexibility index (Phi) is 5.13. The first-order valence-electron chi connectivity index (χ1n) is 11.0. The molecule has 0 spiro atoms. The van der Waals surface area contributed by atoms with Gasteiger partial charge in [0.05, 0.1) is 11.5 Å². The predicted molar refractivity (Wildman–Crippen MR) is 124 cm³/mol. The monoisotopic (exact) mass is 431 g/mol. The lowest BCUT2D eigenvalue weighted by Crippen LogP contribution is -2.42. The molecule has 32 heavy (non-hydrogen) atoms. The number of hydrogen-bond acceptors (Lipinski definition) is 5. The van der Waals surface area contributed by atoms with Crippen LogP contribution in [0.1, 0.15) is 44.1 Å². The van der Waals surface area contributed by atoms with E-state index in [-0.39, 0.29) is 35.3 Å². The number of nitrogens with zero attached hydrogens (tertiary/aromatic N) is 2. The number of aromatic amines is 1. The molecule has 0 bridgehead atoms. The first kappa shape index (κ1) is 20.2. The largest absolute Gasteiger partial charge is 0.340 e. The lowest BCUT2D eigenvalue weighted by molar-refractivity contribution is -0.123. The quantitative estimate of drug-likeness (QED) is 0.589. The van der Waals surface area contributed by atoms with E-state index in [1.807, 2.05) is 42.5 Å². The van der Waals surface area contributed by atoms with Crippen LogP contribution in [0.2, 0.25) is 0 Å². The van der Waals surface area contributed by atoms with Crippen molar-refractivity contribution in [3.8, 4) is 0 Å². The Morgan fingerprint density at radius 1 is 1.12 bits per heavy atom. The van der Waals surface area contributed by atoms with Crippen molar-refractivity contribution >= 4 is 40.0 Å². The molecule has 0 unspecified atom stereocenters. The van der Waals surface area contributed by atoms with Crippen LogP contribution in [0.25, 0.3) is 10.8 Å². The molecule has 8 heteroatoms. The van der Waals surface area contributed by atoms with Gasteiger partial charge >= 0.3 is 0 Å². The Labute approximate surface area is 185 Å². The van der Waals surface area contributed by atoms with Crippen molar-refractivity contribution in [2.75, 3.05) is 22.1 Å². The fraction of sp³-hybridized carbons (Fsp3) is 0.333. The van der Waals surface area contributed by atoms with E-state index in [4.69, 9.17) is 0 Å². The molecule has 2 aliphatic rings. The molecule has 2 atom stereocenters. The molecule has 164 valence electrons. The van der Waals surface area contributed by atoms with Crippen LogP contribution in [-0.2, 0) is 9.59 Å². The first-order chi connectivity index (χ1) is 15.5. The molecular formula is C24H25N5O3. The molecule has 2 amide bonds. The summed E-state index contributed by atoms with van der Waals surface area (Å²) in [5, 5.41) is 7.50. The smallest absolute Gasteiger partial charge is 0.258 e. The third kappa shape index (κ3) is 3.62. The van der Waals surface area contributed by atoms with Crippen molar-refractivity contribution in [1.82, 2.24) is 9.97 Å². The Hall–Kier alpha value is -3.68. The van der Waals surface area contributed by atoms with E-state index >= 15 is 0 Å². The van der Waals surface area contributed by atoms with Gasteiger partial charge in [0.15, 0.2) is 0 Å². The van der Waals surface area contributed by atoms with E-state index in [9.17, 15) is 14.4 Å². The number of hydrogen-bond donors (Lipinski definition) is 3. The van der Waals surface area contributed by atoms with Crippen LogP contribution in [-0.4, -0.2) is 34.4 Å². The Bertz CT molecular complexity index is 1260. The van der Waals surface area contributed by atoms with Crippen molar-refractivity contribution in [3.05, 3.63) is 58.4 Å². The van der Waals surface area contributed by atoms with Gasteiger partial charge in [-0.2, -0.15) is 4.98 Å². The minimum Gasteiger partial charge on any atom is -0.340 e. The Morgan fingerprint density at radius 3 is 2.78 bits per heavy atom. The molecule has 8 nitrogen and oxygen atoms in total. The molecule has 0 radical (unpaired) electrons. The average Bonchev–Trinajstić information content (AvgIpc) is 2.78. The molecule has 1 aromatic heterocycles. The highest BCUT2D eigenvalue weighted by molar-refractivity contribution is 6.08. The summed E-state index contributed by atoms with van der Waals surface area (Å²) in [4.78, 5) is 48.2. The number of piperidine rings is 1. The van der Waals surface area contributed by atoms with Gasteiger partial charge in [-0.05, 0) is 37.6 Å². The molecule has 0 saturated carbocycles. The van der Waals surface area contributed by atoms with E-state index in [2.05, 4.69) is 32.4 Å². The number of carbonyl (C=O) groups is 2. The second-order valence-electron chi connectivity index (χ2n) is 8.51.